The molecule has 1 aliphatic heterocycles. The number of fused-ring (bicyclic) bond motifs is 1. The summed E-state index contributed by atoms with van der Waals surface area (Å²) in [6, 6.07) is 7.98. The zero-order valence-corrected chi connectivity index (χ0v) is 15.6. The molecule has 138 valence electrons. The van der Waals surface area contributed by atoms with Crippen LogP contribution in [0.2, 0.25) is 0 Å². The van der Waals surface area contributed by atoms with Crippen molar-refractivity contribution in [1.82, 2.24) is 19.5 Å². The van der Waals surface area contributed by atoms with Crippen molar-refractivity contribution in [3.8, 4) is 11.6 Å². The molecule has 1 fully saturated rings. The van der Waals surface area contributed by atoms with E-state index in [0.29, 0.717) is 18.2 Å². The molecule has 0 spiro atoms. The molecule has 8 heteroatoms. The molecule has 0 saturated carbocycles. The Bertz CT molecular complexity index is 886. The van der Waals surface area contributed by atoms with Gasteiger partial charge in [0.1, 0.15) is 12.1 Å². The molecule has 3 aromatic rings. The van der Waals surface area contributed by atoms with E-state index in [2.05, 4.69) is 27.1 Å². The molecule has 1 aliphatic rings. The van der Waals surface area contributed by atoms with Crippen molar-refractivity contribution in [3.63, 3.8) is 0 Å². The molecule has 1 atom stereocenters. The number of nitrogens with zero attached hydrogens (tertiary/aromatic N) is 4. The summed E-state index contributed by atoms with van der Waals surface area (Å²) in [7, 11) is 0. The smallest absolute Gasteiger partial charge is 0.230 e. The van der Waals surface area contributed by atoms with Crippen LogP contribution in [-0.2, 0) is 4.74 Å². The molecule has 0 amide bonds. The Morgan fingerprint density at radius 3 is 2.81 bits per heavy atom. The third-order valence-corrected chi connectivity index (χ3v) is 5.43. The quantitative estimate of drug-likeness (QED) is 0.740. The maximum absolute atomic E-state index is 10.7. The van der Waals surface area contributed by atoms with Gasteiger partial charge in [-0.15, -0.1) is 0 Å². The number of hydrogen-bond acceptors (Lipinski definition) is 7. The van der Waals surface area contributed by atoms with Gasteiger partial charge in [-0.2, -0.15) is 9.61 Å². The number of aromatic hydroxyl groups is 1. The van der Waals surface area contributed by atoms with E-state index < -0.39 is 0 Å². The largest absolute Gasteiger partial charge is 0.492 e. The van der Waals surface area contributed by atoms with Gasteiger partial charge in [-0.05, 0) is 31.5 Å². The molecular formula is C18H22N4O3S. The molecule has 26 heavy (non-hydrogen) atoms. The summed E-state index contributed by atoms with van der Waals surface area (Å²) in [4.78, 5) is 8.07. The predicted molar refractivity (Wildman–Crippen MR) is 99.0 cm³/mol. The fraction of sp³-hybridized carbons (Fsp3) is 0.444. The minimum absolute atomic E-state index is 0.0943. The Balaban J connectivity index is 1.78. The highest BCUT2D eigenvalue weighted by molar-refractivity contribution is 7.17. The predicted octanol–water partition coefficient (Wildman–Crippen LogP) is 2.71. The third kappa shape index (κ3) is 3.27. The van der Waals surface area contributed by atoms with Crippen molar-refractivity contribution in [2.24, 2.45) is 0 Å². The Hall–Kier alpha value is -2.16. The first-order chi connectivity index (χ1) is 12.6. The number of rotatable bonds is 5. The Morgan fingerprint density at radius 1 is 1.27 bits per heavy atom. The summed E-state index contributed by atoms with van der Waals surface area (Å²) in [5.74, 6) is 0.976. The first-order valence-corrected chi connectivity index (χ1v) is 9.55. The molecule has 7 nitrogen and oxygen atoms in total. The van der Waals surface area contributed by atoms with Gasteiger partial charge >= 0.3 is 0 Å². The highest BCUT2D eigenvalue weighted by atomic mass is 32.1. The molecule has 0 radical (unpaired) electrons. The van der Waals surface area contributed by atoms with E-state index in [1.807, 2.05) is 26.0 Å². The van der Waals surface area contributed by atoms with Gasteiger partial charge in [0.05, 0.1) is 30.2 Å². The fourth-order valence-corrected chi connectivity index (χ4v) is 4.36. The number of ether oxygens (including phenoxy) is 2. The van der Waals surface area contributed by atoms with Gasteiger partial charge < -0.3 is 14.6 Å². The van der Waals surface area contributed by atoms with E-state index in [9.17, 15) is 5.11 Å². The first kappa shape index (κ1) is 17.3. The maximum Gasteiger partial charge on any atom is 0.230 e. The second-order valence-electron chi connectivity index (χ2n) is 6.53. The highest BCUT2D eigenvalue weighted by Crippen LogP contribution is 2.40. The molecule has 1 unspecified atom stereocenters. The van der Waals surface area contributed by atoms with Crippen LogP contribution in [0.15, 0.2) is 30.6 Å². The summed E-state index contributed by atoms with van der Waals surface area (Å²) in [6.07, 6.45) is 1.56. The van der Waals surface area contributed by atoms with E-state index in [-0.39, 0.29) is 18.0 Å². The molecule has 0 bridgehead atoms. The van der Waals surface area contributed by atoms with Crippen LogP contribution in [0, 0.1) is 0 Å². The molecule has 1 aromatic carbocycles. The lowest BCUT2D eigenvalue weighted by Crippen LogP contribution is -2.39. The lowest BCUT2D eigenvalue weighted by molar-refractivity contribution is 0.0240. The molecule has 4 rings (SSSR count). The van der Waals surface area contributed by atoms with E-state index in [1.165, 1.54) is 22.2 Å². The topological polar surface area (TPSA) is 72.1 Å². The van der Waals surface area contributed by atoms with Gasteiger partial charge in [0.15, 0.2) is 0 Å². The average Bonchev–Trinajstić information content (AvgIpc) is 3.20. The second-order valence-corrected chi connectivity index (χ2v) is 7.54. The summed E-state index contributed by atoms with van der Waals surface area (Å²) in [5.41, 5.74) is 1.07. The average molecular weight is 374 g/mol. The van der Waals surface area contributed by atoms with Gasteiger partial charge in [0.2, 0.25) is 10.8 Å². The monoisotopic (exact) mass is 374 g/mol. The summed E-state index contributed by atoms with van der Waals surface area (Å²) < 4.78 is 12.9. The fourth-order valence-electron chi connectivity index (χ4n) is 3.27. The first-order valence-electron chi connectivity index (χ1n) is 8.73. The van der Waals surface area contributed by atoms with Crippen molar-refractivity contribution in [2.45, 2.75) is 26.0 Å². The zero-order chi connectivity index (χ0) is 18.1. The number of aromatic nitrogens is 3. The van der Waals surface area contributed by atoms with Crippen LogP contribution in [0.25, 0.3) is 4.96 Å². The van der Waals surface area contributed by atoms with Gasteiger partial charge in [0.25, 0.3) is 0 Å². The normalized spacial score (nSPS) is 17.0. The lowest BCUT2D eigenvalue weighted by Gasteiger charge is -2.34. The number of benzene rings is 1. The molecule has 1 saturated heterocycles. The van der Waals surface area contributed by atoms with Crippen LogP contribution in [0.1, 0.15) is 30.3 Å². The Labute approximate surface area is 155 Å². The Morgan fingerprint density at radius 2 is 2.08 bits per heavy atom. The Kier molecular flexibility index (Phi) is 4.80. The van der Waals surface area contributed by atoms with E-state index in [0.717, 1.165) is 29.3 Å². The second kappa shape index (κ2) is 7.22. The van der Waals surface area contributed by atoms with E-state index in [1.54, 1.807) is 0 Å². The van der Waals surface area contributed by atoms with Crippen molar-refractivity contribution in [1.29, 1.82) is 0 Å². The lowest BCUT2D eigenvalue weighted by atomic mass is 10.0. The molecule has 2 aromatic heterocycles. The molecular weight excluding hydrogens is 352 g/mol. The summed E-state index contributed by atoms with van der Waals surface area (Å²) in [5, 5.41) is 14.9. The molecule has 3 heterocycles. The van der Waals surface area contributed by atoms with E-state index in [4.69, 9.17) is 9.47 Å². The molecule has 0 aliphatic carbocycles. The van der Waals surface area contributed by atoms with Gasteiger partial charge in [-0.1, -0.05) is 23.5 Å². The highest BCUT2D eigenvalue weighted by Gasteiger charge is 2.30. The van der Waals surface area contributed by atoms with Gasteiger partial charge in [-0.3, -0.25) is 4.90 Å². The number of morpholine rings is 1. The molecule has 1 N–H and O–H groups in total. The SMILES string of the molecule is CC(C)Oc1cccc(C(c2sc3ncnn3c2O)N2CCOCC2)c1. The van der Waals surface area contributed by atoms with Crippen LogP contribution in [0.4, 0.5) is 0 Å². The van der Waals surface area contributed by atoms with Crippen molar-refractivity contribution in [3.05, 3.63) is 41.0 Å². The van der Waals surface area contributed by atoms with Gasteiger partial charge in [0, 0.05) is 13.1 Å². The van der Waals surface area contributed by atoms with Crippen LogP contribution in [0.5, 0.6) is 11.6 Å². The minimum atomic E-state index is -0.0943. The van der Waals surface area contributed by atoms with Crippen molar-refractivity contribution < 1.29 is 14.6 Å². The standard InChI is InChI=1S/C18H22N4O3S/c1-12(2)25-14-5-3-4-13(10-14)15(21-6-8-24-9-7-21)16-17(23)22-18(26-16)19-11-20-22/h3-5,10-12,15,23H,6-9H2,1-2H3. The number of thiazole rings is 1. The summed E-state index contributed by atoms with van der Waals surface area (Å²) >= 11 is 1.46. The van der Waals surface area contributed by atoms with Crippen molar-refractivity contribution in [2.75, 3.05) is 26.3 Å². The number of hydrogen-bond donors (Lipinski definition) is 1. The van der Waals surface area contributed by atoms with Crippen LogP contribution in [-0.4, -0.2) is 57.0 Å². The van der Waals surface area contributed by atoms with Crippen LogP contribution < -0.4 is 4.74 Å². The van der Waals surface area contributed by atoms with Gasteiger partial charge in [-0.25, -0.2) is 4.98 Å². The maximum atomic E-state index is 10.7. The zero-order valence-electron chi connectivity index (χ0n) is 14.8. The third-order valence-electron chi connectivity index (χ3n) is 4.34. The van der Waals surface area contributed by atoms with Crippen molar-refractivity contribution >= 4 is 16.3 Å². The van der Waals surface area contributed by atoms with Crippen LogP contribution >= 0.6 is 11.3 Å². The van der Waals surface area contributed by atoms with E-state index >= 15 is 0 Å². The van der Waals surface area contributed by atoms with Crippen LogP contribution in [0.3, 0.4) is 0 Å². The minimum Gasteiger partial charge on any atom is -0.492 e. The summed E-state index contributed by atoms with van der Waals surface area (Å²) in [6.45, 7) is 6.98.